The number of ether oxygens (including phenoxy) is 1. The van der Waals surface area contributed by atoms with E-state index < -0.39 is 24.5 Å². The quantitative estimate of drug-likeness (QED) is 0.724. The van der Waals surface area contributed by atoms with Gasteiger partial charge >= 0.3 is 18.4 Å². The Kier molecular flexibility index (Phi) is 6.23. The molecule has 1 aromatic heterocycles. The maximum atomic E-state index is 12.6. The third kappa shape index (κ3) is 5.10. The molecule has 0 spiro atoms. The van der Waals surface area contributed by atoms with E-state index in [1.54, 1.807) is 32.6 Å². The van der Waals surface area contributed by atoms with Gasteiger partial charge in [-0.1, -0.05) is 13.8 Å². The van der Waals surface area contributed by atoms with Gasteiger partial charge in [-0.05, 0) is 13.8 Å². The van der Waals surface area contributed by atoms with Gasteiger partial charge in [0.25, 0.3) is 6.10 Å². The summed E-state index contributed by atoms with van der Waals surface area (Å²) in [6.07, 6.45) is -15.3. The molecule has 0 saturated carbocycles. The summed E-state index contributed by atoms with van der Waals surface area (Å²) in [7, 11) is 0. The van der Waals surface area contributed by atoms with Gasteiger partial charge in [-0.15, -0.1) is 0 Å². The number of hydrogen-bond donors (Lipinski definition) is 0. The van der Waals surface area contributed by atoms with Crippen molar-refractivity contribution >= 4 is 5.95 Å². The third-order valence-electron chi connectivity index (χ3n) is 3.00. The van der Waals surface area contributed by atoms with Crippen LogP contribution in [-0.4, -0.2) is 46.5 Å². The molecule has 0 aliphatic carbocycles. The minimum atomic E-state index is -5.64. The Balaban J connectivity index is 3.31. The second-order valence-corrected chi connectivity index (χ2v) is 5.18. The molecule has 0 saturated heterocycles. The Hall–Kier alpha value is -1.81. The molecular formula is C13H18F6N4O. The van der Waals surface area contributed by atoms with Gasteiger partial charge in [0.05, 0.1) is 0 Å². The van der Waals surface area contributed by atoms with Crippen molar-refractivity contribution in [1.82, 2.24) is 15.0 Å². The number of alkyl halides is 6. The fourth-order valence-electron chi connectivity index (χ4n) is 1.74. The van der Waals surface area contributed by atoms with Crippen molar-refractivity contribution in [1.29, 1.82) is 0 Å². The molecule has 0 aliphatic rings. The average Bonchev–Trinajstić information content (AvgIpc) is 2.43. The minimum absolute atomic E-state index is 0.0307. The van der Waals surface area contributed by atoms with Gasteiger partial charge in [0.15, 0.2) is 0 Å². The number of anilines is 1. The zero-order valence-electron chi connectivity index (χ0n) is 13.5. The van der Waals surface area contributed by atoms with Crippen LogP contribution >= 0.6 is 0 Å². The van der Waals surface area contributed by atoms with Crippen LogP contribution in [0.3, 0.4) is 0 Å². The smallest absolute Gasteiger partial charge is 0.434 e. The van der Waals surface area contributed by atoms with Crippen molar-refractivity contribution in [2.24, 2.45) is 0 Å². The van der Waals surface area contributed by atoms with Crippen LogP contribution in [0.1, 0.15) is 39.4 Å². The van der Waals surface area contributed by atoms with Crippen LogP contribution in [0.15, 0.2) is 0 Å². The first kappa shape index (κ1) is 20.2. The zero-order chi connectivity index (χ0) is 18.7. The average molecular weight is 360 g/mol. The highest BCUT2D eigenvalue weighted by Gasteiger charge is 2.59. The lowest BCUT2D eigenvalue weighted by atomic mass is 10.2. The van der Waals surface area contributed by atoms with Gasteiger partial charge in [-0.2, -0.15) is 41.3 Å². The summed E-state index contributed by atoms with van der Waals surface area (Å²) in [4.78, 5) is 12.8. The Labute approximate surface area is 135 Å². The standard InChI is InChI=1S/C13H18F6N4O/c1-5-23(6-2)10-20-8(7(3)4)21-11(22-10)24-9(12(14,15)16)13(17,18)19/h7,9H,5-6H2,1-4H3. The molecule has 0 atom stereocenters. The predicted molar refractivity (Wildman–Crippen MR) is 74.0 cm³/mol. The highest BCUT2D eigenvalue weighted by Crippen LogP contribution is 2.36. The second kappa shape index (κ2) is 7.39. The summed E-state index contributed by atoms with van der Waals surface area (Å²) in [5.74, 6) is -0.318. The van der Waals surface area contributed by atoms with Gasteiger partial charge in [0, 0.05) is 19.0 Å². The fraction of sp³-hybridized carbons (Fsp3) is 0.769. The van der Waals surface area contributed by atoms with E-state index >= 15 is 0 Å². The number of nitrogens with zero attached hydrogens (tertiary/aromatic N) is 4. The molecule has 0 N–H and O–H groups in total. The first-order chi connectivity index (χ1) is 10.9. The highest BCUT2D eigenvalue weighted by molar-refractivity contribution is 5.31. The van der Waals surface area contributed by atoms with Crippen molar-refractivity contribution in [2.45, 2.75) is 52.1 Å². The number of rotatable bonds is 6. The van der Waals surface area contributed by atoms with Gasteiger partial charge in [-0.3, -0.25) is 0 Å². The van der Waals surface area contributed by atoms with Crippen molar-refractivity contribution in [2.75, 3.05) is 18.0 Å². The lowest BCUT2D eigenvalue weighted by Gasteiger charge is -2.24. The molecule has 5 nitrogen and oxygen atoms in total. The van der Waals surface area contributed by atoms with E-state index in [-0.39, 0.29) is 17.7 Å². The molecule has 138 valence electrons. The van der Waals surface area contributed by atoms with Crippen LogP contribution in [0.4, 0.5) is 32.3 Å². The van der Waals surface area contributed by atoms with E-state index in [2.05, 4.69) is 19.7 Å². The number of aromatic nitrogens is 3. The Morgan fingerprint density at radius 3 is 1.79 bits per heavy atom. The molecule has 0 radical (unpaired) electrons. The summed E-state index contributed by atoms with van der Waals surface area (Å²) in [5.41, 5.74) is 0. The molecule has 24 heavy (non-hydrogen) atoms. The Morgan fingerprint density at radius 1 is 0.917 bits per heavy atom. The Morgan fingerprint density at radius 2 is 1.42 bits per heavy atom. The molecule has 1 heterocycles. The van der Waals surface area contributed by atoms with Gasteiger partial charge in [-0.25, -0.2) is 0 Å². The van der Waals surface area contributed by atoms with Crippen molar-refractivity contribution in [3.05, 3.63) is 5.82 Å². The highest BCUT2D eigenvalue weighted by atomic mass is 19.4. The van der Waals surface area contributed by atoms with Crippen LogP contribution < -0.4 is 9.64 Å². The summed E-state index contributed by atoms with van der Waals surface area (Å²) in [5, 5.41) is 0. The van der Waals surface area contributed by atoms with E-state index in [0.29, 0.717) is 13.1 Å². The summed E-state index contributed by atoms with van der Waals surface area (Å²) in [6.45, 7) is 7.62. The first-order valence-electron chi connectivity index (χ1n) is 7.21. The first-order valence-corrected chi connectivity index (χ1v) is 7.21. The van der Waals surface area contributed by atoms with Crippen LogP contribution in [0.2, 0.25) is 0 Å². The lowest BCUT2D eigenvalue weighted by Crippen LogP contribution is -2.47. The van der Waals surface area contributed by atoms with E-state index in [4.69, 9.17) is 0 Å². The van der Waals surface area contributed by atoms with Crippen molar-refractivity contribution in [3.63, 3.8) is 0 Å². The maximum Gasteiger partial charge on any atom is 0.434 e. The van der Waals surface area contributed by atoms with E-state index in [1.807, 2.05) is 0 Å². The largest absolute Gasteiger partial charge is 0.440 e. The normalized spacial score (nSPS) is 12.8. The molecule has 1 rings (SSSR count). The number of halogens is 6. The van der Waals surface area contributed by atoms with Gasteiger partial charge in [0.1, 0.15) is 5.82 Å². The van der Waals surface area contributed by atoms with Crippen molar-refractivity contribution in [3.8, 4) is 6.01 Å². The molecule has 11 heteroatoms. The summed E-state index contributed by atoms with van der Waals surface area (Å²) >= 11 is 0. The molecule has 0 unspecified atom stereocenters. The zero-order valence-corrected chi connectivity index (χ0v) is 13.5. The van der Waals surface area contributed by atoms with Gasteiger partial charge in [0.2, 0.25) is 5.95 Å². The van der Waals surface area contributed by atoms with E-state index in [1.165, 1.54) is 0 Å². The SMILES string of the molecule is CCN(CC)c1nc(OC(C(F)(F)F)C(F)(F)F)nc(C(C)C)n1. The fourth-order valence-corrected chi connectivity index (χ4v) is 1.74. The molecule has 0 bridgehead atoms. The van der Waals surface area contributed by atoms with E-state index in [9.17, 15) is 26.3 Å². The second-order valence-electron chi connectivity index (χ2n) is 5.18. The van der Waals surface area contributed by atoms with Gasteiger partial charge < -0.3 is 9.64 Å². The van der Waals surface area contributed by atoms with Crippen LogP contribution in [0.5, 0.6) is 6.01 Å². The summed E-state index contributed by atoms with van der Waals surface area (Å²) in [6, 6.07) is -1.00. The molecule has 0 aromatic carbocycles. The van der Waals surface area contributed by atoms with Crippen LogP contribution in [0, 0.1) is 0 Å². The maximum absolute atomic E-state index is 12.6. The van der Waals surface area contributed by atoms with Crippen LogP contribution in [0.25, 0.3) is 0 Å². The predicted octanol–water partition coefficient (Wildman–Crippen LogP) is 3.71. The molecule has 0 fully saturated rings. The summed E-state index contributed by atoms with van der Waals surface area (Å²) < 4.78 is 79.8. The van der Waals surface area contributed by atoms with Crippen LogP contribution in [-0.2, 0) is 0 Å². The number of hydrogen-bond acceptors (Lipinski definition) is 5. The molecular weight excluding hydrogens is 342 g/mol. The lowest BCUT2D eigenvalue weighted by molar-refractivity contribution is -0.301. The van der Waals surface area contributed by atoms with E-state index in [0.717, 1.165) is 0 Å². The monoisotopic (exact) mass is 360 g/mol. The molecule has 0 amide bonds. The molecule has 1 aromatic rings. The third-order valence-corrected chi connectivity index (χ3v) is 3.00. The minimum Gasteiger partial charge on any atom is -0.440 e. The van der Waals surface area contributed by atoms with Crippen molar-refractivity contribution < 1.29 is 31.1 Å². The topological polar surface area (TPSA) is 51.1 Å². The Bertz CT molecular complexity index is 528. The molecule has 0 aliphatic heterocycles.